The molecule has 3 aliphatic rings. The number of carbonyl (C=O) groups is 1. The van der Waals surface area contributed by atoms with Crippen molar-refractivity contribution in [3.8, 4) is 11.6 Å². The number of anilines is 3. The minimum Gasteiger partial charge on any atom is -0.437 e. The number of nitrogens with one attached hydrogen (secondary N) is 1. The van der Waals surface area contributed by atoms with E-state index in [2.05, 4.69) is 15.3 Å². The summed E-state index contributed by atoms with van der Waals surface area (Å²) in [5.74, 6) is 1.94. The van der Waals surface area contributed by atoms with Crippen LogP contribution in [-0.2, 0) is 28.7 Å². The van der Waals surface area contributed by atoms with Crippen molar-refractivity contribution in [2.24, 2.45) is 5.92 Å². The number of rotatable bonds is 6. The zero-order valence-electron chi connectivity index (χ0n) is 21.8. The Morgan fingerprint density at radius 3 is 2.62 bits per heavy atom. The number of alkyl halides is 3. The molecule has 3 aromatic rings. The molecule has 1 atom stereocenters. The number of amides is 1. The van der Waals surface area contributed by atoms with Crippen molar-refractivity contribution < 1.29 is 27.4 Å². The highest BCUT2D eigenvalue weighted by molar-refractivity contribution is 6.06. The fourth-order valence-electron chi connectivity index (χ4n) is 5.49. The number of halogens is 3. The predicted molar refractivity (Wildman–Crippen MR) is 139 cm³/mol. The third-order valence-corrected chi connectivity index (χ3v) is 7.48. The van der Waals surface area contributed by atoms with Crippen LogP contribution in [0.5, 0.6) is 11.6 Å². The zero-order chi connectivity index (χ0) is 27.9. The molecule has 0 spiro atoms. The SMILES string of the molecule is CN1c2nc(NCc3ccc(Oc4ccc(C(F)(F)F)nc4)nc3)nc3c2N(CCC3)C(=O)[C@@H]1C1CCOCC1. The van der Waals surface area contributed by atoms with E-state index in [-0.39, 0.29) is 29.5 Å². The fraction of sp³-hybridized carbons (Fsp3) is 0.444. The molecule has 0 radical (unpaired) electrons. The minimum absolute atomic E-state index is 0.118. The molecule has 3 aliphatic heterocycles. The first-order valence-corrected chi connectivity index (χ1v) is 13.2. The van der Waals surface area contributed by atoms with Gasteiger partial charge >= 0.3 is 6.18 Å². The van der Waals surface area contributed by atoms with Crippen LogP contribution in [0.2, 0.25) is 0 Å². The van der Waals surface area contributed by atoms with Gasteiger partial charge < -0.3 is 24.6 Å². The molecule has 1 fully saturated rings. The normalized spacial score (nSPS) is 19.4. The maximum Gasteiger partial charge on any atom is 0.433 e. The van der Waals surface area contributed by atoms with Crippen molar-refractivity contribution in [2.75, 3.05) is 41.9 Å². The van der Waals surface area contributed by atoms with Crippen LogP contribution < -0.4 is 19.9 Å². The van der Waals surface area contributed by atoms with E-state index in [0.717, 1.165) is 60.7 Å². The average molecular weight is 556 g/mol. The summed E-state index contributed by atoms with van der Waals surface area (Å²) in [7, 11) is 1.94. The van der Waals surface area contributed by atoms with Gasteiger partial charge in [0.15, 0.2) is 5.82 Å². The zero-order valence-corrected chi connectivity index (χ0v) is 21.8. The number of nitrogens with zero attached hydrogens (tertiary/aromatic N) is 6. The summed E-state index contributed by atoms with van der Waals surface area (Å²) in [6, 6.07) is 5.20. The average Bonchev–Trinajstić information content (AvgIpc) is 2.96. The lowest BCUT2D eigenvalue weighted by atomic mass is 9.87. The van der Waals surface area contributed by atoms with E-state index in [1.165, 1.54) is 6.07 Å². The molecule has 0 unspecified atom stereocenters. The highest BCUT2D eigenvalue weighted by atomic mass is 19.4. The Morgan fingerprint density at radius 2 is 1.93 bits per heavy atom. The van der Waals surface area contributed by atoms with Crippen LogP contribution in [0.1, 0.15) is 36.2 Å². The molecule has 0 aliphatic carbocycles. The number of pyridine rings is 2. The molecule has 10 nitrogen and oxygen atoms in total. The fourth-order valence-corrected chi connectivity index (χ4v) is 5.49. The van der Waals surface area contributed by atoms with Crippen LogP contribution >= 0.6 is 0 Å². The largest absolute Gasteiger partial charge is 0.437 e. The summed E-state index contributed by atoms with van der Waals surface area (Å²) < 4.78 is 49.2. The molecule has 1 saturated heterocycles. The molecule has 0 aromatic carbocycles. The van der Waals surface area contributed by atoms with Crippen molar-refractivity contribution in [3.05, 3.63) is 53.6 Å². The molecule has 0 bridgehead atoms. The summed E-state index contributed by atoms with van der Waals surface area (Å²) in [5.41, 5.74) is 1.51. The Hall–Kier alpha value is -4.00. The third kappa shape index (κ3) is 5.12. The monoisotopic (exact) mass is 555 g/mol. The number of hydrogen-bond donors (Lipinski definition) is 1. The van der Waals surface area contributed by atoms with Crippen LogP contribution in [0.3, 0.4) is 0 Å². The van der Waals surface area contributed by atoms with Crippen LogP contribution in [0.25, 0.3) is 0 Å². The van der Waals surface area contributed by atoms with Gasteiger partial charge in [-0.3, -0.25) is 4.79 Å². The number of hydrogen-bond acceptors (Lipinski definition) is 9. The van der Waals surface area contributed by atoms with Gasteiger partial charge in [-0.25, -0.2) is 15.0 Å². The van der Waals surface area contributed by atoms with Crippen molar-refractivity contribution >= 4 is 23.4 Å². The maximum atomic E-state index is 13.5. The smallest absolute Gasteiger partial charge is 0.433 e. The van der Waals surface area contributed by atoms with Crippen LogP contribution in [0.15, 0.2) is 36.7 Å². The van der Waals surface area contributed by atoms with E-state index in [9.17, 15) is 18.0 Å². The number of aromatic nitrogens is 4. The summed E-state index contributed by atoms with van der Waals surface area (Å²) in [4.78, 5) is 34.6. The van der Waals surface area contributed by atoms with E-state index in [4.69, 9.17) is 19.4 Å². The molecule has 3 aromatic heterocycles. The van der Waals surface area contributed by atoms with Gasteiger partial charge in [0.1, 0.15) is 23.2 Å². The highest BCUT2D eigenvalue weighted by Gasteiger charge is 2.44. The van der Waals surface area contributed by atoms with E-state index in [1.807, 2.05) is 16.8 Å². The molecule has 1 amide bonds. The van der Waals surface area contributed by atoms with E-state index in [0.29, 0.717) is 32.3 Å². The molecule has 0 saturated carbocycles. The second-order valence-corrected chi connectivity index (χ2v) is 10.1. The first-order chi connectivity index (χ1) is 19.3. The van der Waals surface area contributed by atoms with Gasteiger partial charge in [0.05, 0.1) is 11.9 Å². The minimum atomic E-state index is -4.51. The maximum absolute atomic E-state index is 13.5. The highest BCUT2D eigenvalue weighted by Crippen LogP contribution is 2.42. The lowest BCUT2D eigenvalue weighted by Gasteiger charge is -2.46. The van der Waals surface area contributed by atoms with E-state index in [1.54, 1.807) is 18.3 Å². The van der Waals surface area contributed by atoms with Crippen LogP contribution in [0, 0.1) is 5.92 Å². The summed E-state index contributed by atoms with van der Waals surface area (Å²) in [6.45, 7) is 2.39. The van der Waals surface area contributed by atoms with Gasteiger partial charge in [0, 0.05) is 45.6 Å². The Bertz CT molecular complexity index is 1380. The quantitative estimate of drug-likeness (QED) is 0.479. The molecule has 13 heteroatoms. The lowest BCUT2D eigenvalue weighted by Crippen LogP contribution is -2.57. The molecule has 6 heterocycles. The standard InChI is InChI=1S/C27H28F3N7O3/c1-36-22(17-8-11-39-12-9-17)25(38)37-10-2-3-19-23(37)24(36)35-26(34-19)33-14-16-4-7-21(32-13-16)40-18-5-6-20(31-15-18)27(28,29)30/h4-7,13,15,17,22H,2-3,8-12,14H2,1H3,(H,33,34,35)/t22-/m0/s1. The van der Waals surface area contributed by atoms with E-state index >= 15 is 0 Å². The molecule has 6 rings (SSSR count). The number of carbonyl (C=O) groups excluding carboxylic acids is 1. The van der Waals surface area contributed by atoms with Crippen molar-refractivity contribution in [1.82, 2.24) is 19.9 Å². The van der Waals surface area contributed by atoms with Crippen molar-refractivity contribution in [2.45, 2.75) is 44.4 Å². The first kappa shape index (κ1) is 26.2. The Labute approximate surface area is 228 Å². The van der Waals surface area contributed by atoms with Gasteiger partial charge in [-0.1, -0.05) is 6.07 Å². The van der Waals surface area contributed by atoms with Crippen molar-refractivity contribution in [1.29, 1.82) is 0 Å². The number of likely N-dealkylation sites (N-methyl/N-ethyl adjacent to an activating group) is 1. The molecular formula is C27H28F3N7O3. The lowest BCUT2D eigenvalue weighted by molar-refractivity contribution is -0.141. The van der Waals surface area contributed by atoms with Gasteiger partial charge in [-0.05, 0) is 49.3 Å². The number of aryl methyl sites for hydroxylation is 1. The number of ether oxygens (including phenoxy) is 2. The topological polar surface area (TPSA) is 106 Å². The van der Waals surface area contributed by atoms with Crippen LogP contribution in [0.4, 0.5) is 30.6 Å². The third-order valence-electron chi connectivity index (χ3n) is 7.48. The molecule has 40 heavy (non-hydrogen) atoms. The van der Waals surface area contributed by atoms with Gasteiger partial charge in [0.2, 0.25) is 17.7 Å². The van der Waals surface area contributed by atoms with Crippen LogP contribution in [-0.4, -0.2) is 58.7 Å². The Kier molecular flexibility index (Phi) is 6.90. The summed E-state index contributed by atoms with van der Waals surface area (Å²) in [5, 5.41) is 3.27. The second kappa shape index (κ2) is 10.5. The van der Waals surface area contributed by atoms with Gasteiger partial charge in [-0.2, -0.15) is 18.2 Å². The molecule has 1 N–H and O–H groups in total. The van der Waals surface area contributed by atoms with Gasteiger partial charge in [0.25, 0.3) is 0 Å². The Balaban J connectivity index is 1.15. The molecule has 210 valence electrons. The van der Waals surface area contributed by atoms with Crippen molar-refractivity contribution in [3.63, 3.8) is 0 Å². The molecular weight excluding hydrogens is 527 g/mol. The first-order valence-electron chi connectivity index (χ1n) is 13.2. The second-order valence-electron chi connectivity index (χ2n) is 10.1. The van der Waals surface area contributed by atoms with E-state index < -0.39 is 11.9 Å². The predicted octanol–water partition coefficient (Wildman–Crippen LogP) is 4.21. The Morgan fingerprint density at radius 1 is 1.10 bits per heavy atom. The summed E-state index contributed by atoms with van der Waals surface area (Å²) >= 11 is 0. The van der Waals surface area contributed by atoms with Gasteiger partial charge in [-0.15, -0.1) is 0 Å². The summed E-state index contributed by atoms with van der Waals surface area (Å²) in [6.07, 6.45) is 1.41.